The van der Waals surface area contributed by atoms with E-state index in [4.69, 9.17) is 0 Å². The van der Waals surface area contributed by atoms with E-state index >= 15 is 0 Å². The van der Waals surface area contributed by atoms with Crippen LogP contribution in [0.5, 0.6) is 0 Å². The van der Waals surface area contributed by atoms with Gasteiger partial charge in [-0.15, -0.1) is 0 Å². The van der Waals surface area contributed by atoms with Crippen molar-refractivity contribution in [1.82, 2.24) is 0 Å². The summed E-state index contributed by atoms with van der Waals surface area (Å²) in [7, 11) is 3.29. The maximum Gasteiger partial charge on any atom is 0.263 e. The summed E-state index contributed by atoms with van der Waals surface area (Å²) >= 11 is 0. The Kier molecular flexibility index (Phi) is 3.43. The van der Waals surface area contributed by atoms with Crippen molar-refractivity contribution < 1.29 is 8.78 Å². The van der Waals surface area contributed by atoms with Gasteiger partial charge in [-0.1, -0.05) is 21.4 Å². The van der Waals surface area contributed by atoms with Gasteiger partial charge < -0.3 is 5.32 Å². The van der Waals surface area contributed by atoms with Crippen LogP contribution in [0.4, 0.5) is 14.5 Å². The molecule has 0 bridgehead atoms. The SMILES string of the molecule is CNc1cc(C)ccc1CC(F)(F)P. The third-order valence-corrected chi connectivity index (χ3v) is 2.16. The van der Waals surface area contributed by atoms with Gasteiger partial charge in [0.15, 0.2) is 0 Å². The number of alkyl halides is 2. The Morgan fingerprint density at radius 1 is 1.43 bits per heavy atom. The third kappa shape index (κ3) is 3.22. The number of aryl methyl sites for hydroxylation is 1. The van der Waals surface area contributed by atoms with Crippen LogP contribution in [-0.4, -0.2) is 12.7 Å². The Hall–Kier alpha value is -0.690. The number of anilines is 1. The van der Waals surface area contributed by atoms with Crippen molar-refractivity contribution in [2.75, 3.05) is 12.4 Å². The van der Waals surface area contributed by atoms with E-state index in [1.165, 1.54) is 0 Å². The first-order chi connectivity index (χ1) is 6.42. The van der Waals surface area contributed by atoms with E-state index < -0.39 is 5.66 Å². The zero-order valence-corrected chi connectivity index (χ0v) is 9.43. The molecular weight excluding hydrogens is 203 g/mol. The normalized spacial score (nSPS) is 11.5. The van der Waals surface area contributed by atoms with E-state index in [9.17, 15) is 8.78 Å². The van der Waals surface area contributed by atoms with Gasteiger partial charge in [-0.25, -0.2) is 8.78 Å². The summed E-state index contributed by atoms with van der Waals surface area (Å²) in [5, 5.41) is 2.92. The highest BCUT2D eigenvalue weighted by Crippen LogP contribution is 2.30. The van der Waals surface area contributed by atoms with Gasteiger partial charge in [-0.3, -0.25) is 0 Å². The molecule has 1 aromatic carbocycles. The van der Waals surface area contributed by atoms with Crippen molar-refractivity contribution in [3.63, 3.8) is 0 Å². The van der Waals surface area contributed by atoms with Crippen molar-refractivity contribution in [2.24, 2.45) is 0 Å². The van der Waals surface area contributed by atoms with E-state index in [2.05, 4.69) is 5.32 Å². The molecule has 1 rings (SSSR count). The van der Waals surface area contributed by atoms with Crippen molar-refractivity contribution in [1.29, 1.82) is 0 Å². The largest absolute Gasteiger partial charge is 0.388 e. The molecular formula is C10H14F2NP. The first-order valence-electron chi connectivity index (χ1n) is 4.36. The molecule has 0 spiro atoms. The zero-order valence-electron chi connectivity index (χ0n) is 8.27. The molecule has 1 atom stereocenters. The molecule has 0 radical (unpaired) electrons. The van der Waals surface area contributed by atoms with Gasteiger partial charge in [0.05, 0.1) is 0 Å². The Labute approximate surface area is 85.1 Å². The monoisotopic (exact) mass is 217 g/mol. The third-order valence-electron chi connectivity index (χ3n) is 1.96. The van der Waals surface area contributed by atoms with Gasteiger partial charge in [0, 0.05) is 19.2 Å². The molecule has 1 N–H and O–H groups in total. The van der Waals surface area contributed by atoms with Crippen LogP contribution in [0.3, 0.4) is 0 Å². The molecule has 0 aliphatic carbocycles. The fraction of sp³-hybridized carbons (Fsp3) is 0.400. The number of hydrogen-bond acceptors (Lipinski definition) is 1. The molecule has 0 aliphatic heterocycles. The second kappa shape index (κ2) is 4.22. The topological polar surface area (TPSA) is 12.0 Å². The molecule has 1 aromatic rings. The van der Waals surface area contributed by atoms with Crippen LogP contribution in [-0.2, 0) is 6.42 Å². The van der Waals surface area contributed by atoms with Crippen molar-refractivity contribution in [3.8, 4) is 0 Å². The molecule has 0 fully saturated rings. The lowest BCUT2D eigenvalue weighted by atomic mass is 10.1. The lowest BCUT2D eigenvalue weighted by Crippen LogP contribution is -2.10. The van der Waals surface area contributed by atoms with Gasteiger partial charge >= 0.3 is 0 Å². The second-order valence-electron chi connectivity index (χ2n) is 3.35. The van der Waals surface area contributed by atoms with Crippen molar-refractivity contribution in [3.05, 3.63) is 29.3 Å². The number of nitrogens with one attached hydrogen (secondary N) is 1. The smallest absolute Gasteiger partial charge is 0.263 e. The minimum absolute atomic E-state index is 0.256. The maximum absolute atomic E-state index is 12.8. The van der Waals surface area contributed by atoms with E-state index in [0.29, 0.717) is 5.56 Å². The number of hydrogen-bond donors (Lipinski definition) is 1. The van der Waals surface area contributed by atoms with Crippen molar-refractivity contribution >= 4 is 14.9 Å². The molecule has 0 saturated heterocycles. The van der Waals surface area contributed by atoms with Gasteiger partial charge in [0.25, 0.3) is 5.66 Å². The molecule has 0 amide bonds. The Morgan fingerprint density at radius 3 is 2.57 bits per heavy atom. The summed E-state index contributed by atoms with van der Waals surface area (Å²) in [6.45, 7) is 1.93. The van der Waals surface area contributed by atoms with Crippen LogP contribution in [0.15, 0.2) is 18.2 Å². The average molecular weight is 217 g/mol. The Morgan fingerprint density at radius 2 is 2.07 bits per heavy atom. The average Bonchev–Trinajstić information content (AvgIpc) is 2.06. The summed E-state index contributed by atoms with van der Waals surface area (Å²) in [4.78, 5) is 0. The highest BCUT2D eigenvalue weighted by Gasteiger charge is 2.23. The van der Waals surface area contributed by atoms with Crippen LogP contribution in [0.1, 0.15) is 11.1 Å². The molecule has 0 aromatic heterocycles. The van der Waals surface area contributed by atoms with E-state index in [0.717, 1.165) is 11.3 Å². The van der Waals surface area contributed by atoms with Gasteiger partial charge in [0.2, 0.25) is 0 Å². The Bertz CT molecular complexity index is 320. The summed E-state index contributed by atoms with van der Waals surface area (Å²) < 4.78 is 25.5. The van der Waals surface area contributed by atoms with Crippen molar-refractivity contribution in [2.45, 2.75) is 19.0 Å². The van der Waals surface area contributed by atoms with Gasteiger partial charge in [0.1, 0.15) is 0 Å². The summed E-state index contributed by atoms with van der Waals surface area (Å²) in [5.74, 6) is 0. The number of rotatable bonds is 3. The van der Waals surface area contributed by atoms with Crippen LogP contribution in [0.25, 0.3) is 0 Å². The molecule has 1 unspecified atom stereocenters. The highest BCUT2D eigenvalue weighted by atomic mass is 31.0. The lowest BCUT2D eigenvalue weighted by molar-refractivity contribution is 0.105. The van der Waals surface area contributed by atoms with Gasteiger partial charge in [-0.2, -0.15) is 0 Å². The molecule has 0 heterocycles. The van der Waals surface area contributed by atoms with Gasteiger partial charge in [-0.05, 0) is 24.1 Å². The van der Waals surface area contributed by atoms with Crippen LogP contribution >= 0.6 is 9.24 Å². The molecule has 0 aliphatic rings. The molecule has 14 heavy (non-hydrogen) atoms. The standard InChI is InChI=1S/C10H14F2NP/c1-7-3-4-8(6-10(11,12)14)9(5-7)13-2/h3-5,13H,6,14H2,1-2H3. The minimum Gasteiger partial charge on any atom is -0.388 e. The molecule has 78 valence electrons. The quantitative estimate of drug-likeness (QED) is 0.767. The fourth-order valence-electron chi connectivity index (χ4n) is 1.33. The van der Waals surface area contributed by atoms with Crippen LogP contribution in [0, 0.1) is 6.92 Å². The van der Waals surface area contributed by atoms with Crippen LogP contribution in [0.2, 0.25) is 0 Å². The number of halogens is 2. The highest BCUT2D eigenvalue weighted by molar-refractivity contribution is 7.18. The van der Waals surface area contributed by atoms with E-state index in [1.807, 2.05) is 19.1 Å². The predicted octanol–water partition coefficient (Wildman–Crippen LogP) is 3.05. The lowest BCUT2D eigenvalue weighted by Gasteiger charge is -2.14. The second-order valence-corrected chi connectivity index (χ2v) is 4.19. The first-order valence-corrected chi connectivity index (χ1v) is 4.94. The molecule has 4 heteroatoms. The minimum atomic E-state index is -2.74. The van der Waals surface area contributed by atoms with E-state index in [-0.39, 0.29) is 6.42 Å². The summed E-state index contributed by atoms with van der Waals surface area (Å²) in [6, 6.07) is 5.44. The zero-order chi connectivity index (χ0) is 10.8. The summed E-state index contributed by atoms with van der Waals surface area (Å²) in [5.41, 5.74) is -0.267. The Balaban J connectivity index is 2.97. The molecule has 1 nitrogen and oxygen atoms in total. The van der Waals surface area contributed by atoms with Crippen LogP contribution < -0.4 is 5.32 Å². The number of benzene rings is 1. The first kappa shape index (κ1) is 11.4. The predicted molar refractivity (Wildman–Crippen MR) is 59.1 cm³/mol. The molecule has 0 saturated carbocycles. The maximum atomic E-state index is 12.8. The summed E-state index contributed by atoms with van der Waals surface area (Å²) in [6.07, 6.45) is -0.256. The van der Waals surface area contributed by atoms with E-state index in [1.54, 1.807) is 22.4 Å². The fourth-order valence-corrected chi connectivity index (χ4v) is 1.55.